The third-order valence-electron chi connectivity index (χ3n) is 6.31. The van der Waals surface area contributed by atoms with Crippen LogP contribution in [0.4, 0.5) is 5.69 Å². The molecule has 0 aromatic heterocycles. The summed E-state index contributed by atoms with van der Waals surface area (Å²) in [6, 6.07) is 11.8. The number of hydrogen-bond donors (Lipinski definition) is 1. The molecule has 9 nitrogen and oxygen atoms in total. The van der Waals surface area contributed by atoms with Crippen LogP contribution in [0.5, 0.6) is 5.75 Å². The summed E-state index contributed by atoms with van der Waals surface area (Å²) in [5, 5.41) is 2.93. The Kier molecular flexibility index (Phi) is 10.5. The molecule has 0 fully saturated rings. The molecule has 0 aliphatic carbocycles. The van der Waals surface area contributed by atoms with Crippen molar-refractivity contribution in [2.45, 2.75) is 59.7 Å². The van der Waals surface area contributed by atoms with E-state index < -0.39 is 28.7 Å². The Morgan fingerprint density at radius 3 is 2.32 bits per heavy atom. The maximum Gasteiger partial charge on any atom is 0.304 e. The molecule has 0 radical (unpaired) electrons. The van der Waals surface area contributed by atoms with Crippen molar-refractivity contribution < 1.29 is 22.7 Å². The van der Waals surface area contributed by atoms with Crippen LogP contribution >= 0.6 is 0 Å². The number of rotatable bonds is 12. The molecular formula is C27H40N4O5S. The van der Waals surface area contributed by atoms with Gasteiger partial charge >= 0.3 is 10.2 Å². The minimum absolute atomic E-state index is 0.0655. The Morgan fingerprint density at radius 1 is 1.05 bits per heavy atom. The first-order valence-corrected chi connectivity index (χ1v) is 13.7. The van der Waals surface area contributed by atoms with Gasteiger partial charge in [-0.15, -0.1) is 0 Å². The molecule has 10 heteroatoms. The SMILES string of the molecule is CCC(C)NC(=O)C(C)N(Cc1cccc(OC)c1)C(=O)CN(c1cc(C)ccc1C)S(=O)(=O)N(C)C. The van der Waals surface area contributed by atoms with Crippen LogP contribution in [-0.2, 0) is 26.3 Å². The molecule has 0 spiro atoms. The lowest BCUT2D eigenvalue weighted by Gasteiger charge is -2.33. The van der Waals surface area contributed by atoms with E-state index in [-0.39, 0.29) is 18.5 Å². The van der Waals surface area contributed by atoms with Gasteiger partial charge in [-0.2, -0.15) is 12.7 Å². The minimum Gasteiger partial charge on any atom is -0.497 e. The quantitative estimate of drug-likeness (QED) is 0.452. The van der Waals surface area contributed by atoms with Gasteiger partial charge in [0.1, 0.15) is 18.3 Å². The van der Waals surface area contributed by atoms with Crippen LogP contribution in [0.3, 0.4) is 0 Å². The van der Waals surface area contributed by atoms with E-state index in [1.165, 1.54) is 19.0 Å². The number of ether oxygens (including phenoxy) is 1. The first-order chi connectivity index (χ1) is 17.3. The van der Waals surface area contributed by atoms with Crippen molar-refractivity contribution in [1.29, 1.82) is 0 Å². The molecule has 0 saturated carbocycles. The zero-order valence-corrected chi connectivity index (χ0v) is 23.9. The Bertz CT molecular complexity index is 1200. The van der Waals surface area contributed by atoms with Gasteiger partial charge in [0.25, 0.3) is 0 Å². The van der Waals surface area contributed by atoms with Crippen LogP contribution in [-0.4, -0.2) is 69.3 Å². The normalized spacial score (nSPS) is 13.1. The van der Waals surface area contributed by atoms with Gasteiger partial charge in [-0.05, 0) is 69.0 Å². The molecule has 37 heavy (non-hydrogen) atoms. The van der Waals surface area contributed by atoms with Crippen LogP contribution < -0.4 is 14.4 Å². The number of aryl methyl sites for hydroxylation is 2. The van der Waals surface area contributed by atoms with E-state index in [4.69, 9.17) is 4.74 Å². The highest BCUT2D eigenvalue weighted by Gasteiger charge is 2.33. The van der Waals surface area contributed by atoms with Crippen LogP contribution in [0.1, 0.15) is 43.9 Å². The number of nitrogens with zero attached hydrogens (tertiary/aromatic N) is 3. The second-order valence-corrected chi connectivity index (χ2v) is 11.5. The standard InChI is InChI=1S/C27H40N4O5S/c1-9-21(4)28-27(33)22(5)30(17-23-11-10-12-24(16-23)36-8)26(32)18-31(37(34,35)29(6)7)25-15-19(2)13-14-20(25)3/h10-16,21-22H,9,17-18H2,1-8H3,(H,28,33). The largest absolute Gasteiger partial charge is 0.497 e. The van der Waals surface area contributed by atoms with Crippen molar-refractivity contribution >= 4 is 27.7 Å². The first-order valence-electron chi connectivity index (χ1n) is 12.3. The fourth-order valence-corrected chi connectivity index (χ4v) is 4.82. The fourth-order valence-electron chi connectivity index (χ4n) is 3.71. The number of anilines is 1. The third-order valence-corrected chi connectivity index (χ3v) is 8.11. The summed E-state index contributed by atoms with van der Waals surface area (Å²) in [5.74, 6) is -0.186. The first kappa shape index (κ1) is 30.1. The lowest BCUT2D eigenvalue weighted by Crippen LogP contribution is -2.53. The Hall–Kier alpha value is -3.11. The van der Waals surface area contributed by atoms with Gasteiger partial charge in [0, 0.05) is 26.7 Å². The maximum atomic E-state index is 13.8. The van der Waals surface area contributed by atoms with Crippen LogP contribution in [0.15, 0.2) is 42.5 Å². The second-order valence-electron chi connectivity index (χ2n) is 9.45. The number of amides is 2. The van der Waals surface area contributed by atoms with Gasteiger partial charge in [-0.3, -0.25) is 9.59 Å². The molecule has 204 valence electrons. The number of benzene rings is 2. The highest BCUT2D eigenvalue weighted by molar-refractivity contribution is 7.90. The second kappa shape index (κ2) is 12.9. The molecule has 2 aromatic carbocycles. The highest BCUT2D eigenvalue weighted by atomic mass is 32.2. The molecule has 0 aliphatic rings. The monoisotopic (exact) mass is 532 g/mol. The number of nitrogens with one attached hydrogen (secondary N) is 1. The van der Waals surface area contributed by atoms with E-state index in [0.29, 0.717) is 17.0 Å². The molecule has 0 heterocycles. The summed E-state index contributed by atoms with van der Waals surface area (Å²) < 4.78 is 34.2. The van der Waals surface area contributed by atoms with Gasteiger partial charge in [0.2, 0.25) is 11.8 Å². The lowest BCUT2D eigenvalue weighted by atomic mass is 10.1. The third kappa shape index (κ3) is 7.69. The van der Waals surface area contributed by atoms with E-state index in [1.54, 1.807) is 45.2 Å². The number of methoxy groups -OCH3 is 1. The van der Waals surface area contributed by atoms with E-state index in [2.05, 4.69) is 5.32 Å². The fraction of sp³-hybridized carbons (Fsp3) is 0.481. The average Bonchev–Trinajstić information content (AvgIpc) is 2.86. The van der Waals surface area contributed by atoms with Gasteiger partial charge < -0.3 is 15.0 Å². The van der Waals surface area contributed by atoms with E-state index >= 15 is 0 Å². The molecule has 2 rings (SSSR count). The van der Waals surface area contributed by atoms with Crippen molar-refractivity contribution in [3.05, 3.63) is 59.2 Å². The molecule has 1 N–H and O–H groups in total. The van der Waals surface area contributed by atoms with E-state index in [9.17, 15) is 18.0 Å². The Morgan fingerprint density at radius 2 is 1.73 bits per heavy atom. The van der Waals surface area contributed by atoms with Crippen molar-refractivity contribution in [2.24, 2.45) is 0 Å². The summed E-state index contributed by atoms with van der Waals surface area (Å²) in [6.45, 7) is 8.81. The van der Waals surface area contributed by atoms with Gasteiger partial charge in [-0.25, -0.2) is 4.31 Å². The lowest BCUT2D eigenvalue weighted by molar-refractivity contribution is -0.139. The molecule has 2 amide bonds. The smallest absolute Gasteiger partial charge is 0.304 e. The van der Waals surface area contributed by atoms with Gasteiger partial charge in [0.05, 0.1) is 12.8 Å². The molecule has 0 bridgehead atoms. The summed E-state index contributed by atoms with van der Waals surface area (Å²) in [4.78, 5) is 28.3. The zero-order valence-electron chi connectivity index (χ0n) is 23.1. The minimum atomic E-state index is -4.01. The highest BCUT2D eigenvalue weighted by Crippen LogP contribution is 2.26. The summed E-state index contributed by atoms with van der Waals surface area (Å²) in [7, 11) is 0.390. The number of carbonyl (C=O) groups is 2. The van der Waals surface area contributed by atoms with Crippen molar-refractivity contribution in [3.8, 4) is 5.75 Å². The molecule has 2 aromatic rings. The van der Waals surface area contributed by atoms with Crippen LogP contribution in [0, 0.1) is 13.8 Å². The average molecular weight is 533 g/mol. The van der Waals surface area contributed by atoms with Gasteiger partial charge in [-0.1, -0.05) is 31.2 Å². The zero-order chi connectivity index (χ0) is 27.9. The van der Waals surface area contributed by atoms with Crippen molar-refractivity contribution in [2.75, 3.05) is 32.1 Å². The Balaban J connectivity index is 2.52. The Labute approximate surface area is 221 Å². The molecule has 2 atom stereocenters. The molecular weight excluding hydrogens is 492 g/mol. The van der Waals surface area contributed by atoms with Crippen LogP contribution in [0.2, 0.25) is 0 Å². The molecule has 0 saturated heterocycles. The van der Waals surface area contributed by atoms with Crippen molar-refractivity contribution in [3.63, 3.8) is 0 Å². The topological polar surface area (TPSA) is 99.3 Å². The van der Waals surface area contributed by atoms with Crippen LogP contribution in [0.25, 0.3) is 0 Å². The molecule has 0 aliphatic heterocycles. The van der Waals surface area contributed by atoms with E-state index in [1.807, 2.05) is 39.0 Å². The summed E-state index contributed by atoms with van der Waals surface area (Å²) >= 11 is 0. The number of carbonyl (C=O) groups excluding carboxylic acids is 2. The summed E-state index contributed by atoms with van der Waals surface area (Å²) in [5.41, 5.74) is 2.75. The molecule has 2 unspecified atom stereocenters. The van der Waals surface area contributed by atoms with Crippen molar-refractivity contribution in [1.82, 2.24) is 14.5 Å². The van der Waals surface area contributed by atoms with E-state index in [0.717, 1.165) is 26.2 Å². The van der Waals surface area contributed by atoms with Gasteiger partial charge in [0.15, 0.2) is 0 Å². The predicted molar refractivity (Wildman–Crippen MR) is 147 cm³/mol. The summed E-state index contributed by atoms with van der Waals surface area (Å²) in [6.07, 6.45) is 0.740. The predicted octanol–water partition coefficient (Wildman–Crippen LogP) is 3.26. The maximum absolute atomic E-state index is 13.8. The number of hydrogen-bond acceptors (Lipinski definition) is 5.